The molecular weight excluding hydrogens is 235 g/mol. The molecule has 0 unspecified atom stereocenters. The molecule has 3 rings (SSSR count). The maximum atomic E-state index is 6.11. The van der Waals surface area contributed by atoms with Crippen LogP contribution in [0.15, 0.2) is 0 Å². The highest BCUT2D eigenvalue weighted by atomic mass is 35.5. The summed E-state index contributed by atoms with van der Waals surface area (Å²) in [6.07, 6.45) is 2.31. The molecule has 15 heavy (non-hydrogen) atoms. The van der Waals surface area contributed by atoms with E-state index in [0.29, 0.717) is 22.0 Å². The zero-order valence-corrected chi connectivity index (χ0v) is 9.55. The second-order valence-corrected chi connectivity index (χ2v) is 4.49. The predicted molar refractivity (Wildman–Crippen MR) is 57.5 cm³/mol. The Morgan fingerprint density at radius 1 is 1.27 bits per heavy atom. The molecule has 1 aliphatic rings. The summed E-state index contributed by atoms with van der Waals surface area (Å²) in [5.41, 5.74) is 0.734. The van der Waals surface area contributed by atoms with Gasteiger partial charge in [-0.3, -0.25) is 0 Å². The van der Waals surface area contributed by atoms with Crippen molar-refractivity contribution in [3.63, 3.8) is 0 Å². The van der Waals surface area contributed by atoms with Gasteiger partial charge in [-0.1, -0.05) is 23.2 Å². The first kappa shape index (κ1) is 9.36. The molecule has 78 valence electrons. The van der Waals surface area contributed by atoms with Crippen molar-refractivity contribution < 1.29 is 0 Å². The van der Waals surface area contributed by atoms with E-state index in [-0.39, 0.29) is 0 Å². The first-order chi connectivity index (χ1) is 7.16. The van der Waals surface area contributed by atoms with Crippen LogP contribution in [0.3, 0.4) is 0 Å². The fraction of sp³-hybridized carbons (Fsp3) is 0.444. The van der Waals surface area contributed by atoms with Crippen molar-refractivity contribution in [3.8, 4) is 0 Å². The van der Waals surface area contributed by atoms with Crippen LogP contribution < -0.4 is 0 Å². The van der Waals surface area contributed by atoms with Crippen LogP contribution in [0.1, 0.15) is 30.1 Å². The number of nitrogens with zero attached hydrogens (tertiary/aromatic N) is 4. The summed E-state index contributed by atoms with van der Waals surface area (Å²) in [5, 5.41) is 5.21. The monoisotopic (exact) mass is 242 g/mol. The molecule has 2 aromatic heterocycles. The van der Waals surface area contributed by atoms with Crippen molar-refractivity contribution >= 4 is 29.0 Å². The maximum Gasteiger partial charge on any atom is 0.255 e. The Bertz CT molecular complexity index is 545. The minimum atomic E-state index is 0.391. The topological polar surface area (TPSA) is 43.1 Å². The normalized spacial score (nSPS) is 16.2. The number of aromatic nitrogens is 4. The van der Waals surface area contributed by atoms with Gasteiger partial charge in [0.1, 0.15) is 10.3 Å². The van der Waals surface area contributed by atoms with Gasteiger partial charge in [0.2, 0.25) is 0 Å². The standard InChI is InChI=1S/C9H8Cl2N4/c1-4-6(10)12-9-13-8(5-2-3-5)14-15(9)7(4)11/h5H,2-3H2,1H3. The summed E-state index contributed by atoms with van der Waals surface area (Å²) in [5.74, 6) is 1.80. The Morgan fingerprint density at radius 3 is 2.67 bits per heavy atom. The molecular formula is C9H8Cl2N4. The molecule has 4 nitrogen and oxygen atoms in total. The van der Waals surface area contributed by atoms with E-state index in [2.05, 4.69) is 15.1 Å². The molecule has 1 fully saturated rings. The number of hydrogen-bond acceptors (Lipinski definition) is 3. The lowest BCUT2D eigenvalue weighted by Crippen LogP contribution is -1.96. The third-order valence-electron chi connectivity index (χ3n) is 2.55. The first-order valence-corrected chi connectivity index (χ1v) is 5.50. The Hall–Kier alpha value is -0.870. The van der Waals surface area contributed by atoms with Crippen molar-refractivity contribution in [2.75, 3.05) is 0 Å². The molecule has 0 saturated heterocycles. The zero-order chi connectivity index (χ0) is 10.6. The van der Waals surface area contributed by atoms with E-state index in [1.807, 2.05) is 6.92 Å². The van der Waals surface area contributed by atoms with Gasteiger partial charge in [-0.25, -0.2) is 0 Å². The fourth-order valence-electron chi connectivity index (χ4n) is 1.45. The van der Waals surface area contributed by atoms with Crippen molar-refractivity contribution in [1.29, 1.82) is 0 Å². The van der Waals surface area contributed by atoms with Crippen LogP contribution in [-0.2, 0) is 0 Å². The van der Waals surface area contributed by atoms with E-state index in [9.17, 15) is 0 Å². The molecule has 6 heteroatoms. The Balaban J connectivity index is 2.29. The zero-order valence-electron chi connectivity index (χ0n) is 8.04. The molecule has 2 aromatic rings. The number of fused-ring (bicyclic) bond motifs is 1. The van der Waals surface area contributed by atoms with Gasteiger partial charge in [0.25, 0.3) is 5.78 Å². The van der Waals surface area contributed by atoms with Gasteiger partial charge in [-0.05, 0) is 19.8 Å². The van der Waals surface area contributed by atoms with E-state index in [4.69, 9.17) is 23.2 Å². The lowest BCUT2D eigenvalue weighted by atomic mass is 10.4. The highest BCUT2D eigenvalue weighted by molar-refractivity contribution is 6.34. The number of rotatable bonds is 1. The summed E-state index contributed by atoms with van der Waals surface area (Å²) < 4.78 is 1.55. The lowest BCUT2D eigenvalue weighted by molar-refractivity contribution is 0.868. The molecule has 0 aromatic carbocycles. The molecule has 0 radical (unpaired) electrons. The Labute approximate surface area is 96.2 Å². The van der Waals surface area contributed by atoms with Crippen molar-refractivity contribution in [2.24, 2.45) is 0 Å². The second kappa shape index (κ2) is 3.06. The summed E-state index contributed by atoms with van der Waals surface area (Å²) in [4.78, 5) is 8.45. The van der Waals surface area contributed by atoms with Gasteiger partial charge in [0.05, 0.1) is 0 Å². The van der Waals surface area contributed by atoms with E-state index < -0.39 is 0 Å². The maximum absolute atomic E-state index is 6.11. The largest absolute Gasteiger partial charge is 0.255 e. The second-order valence-electron chi connectivity index (χ2n) is 3.77. The van der Waals surface area contributed by atoms with Gasteiger partial charge >= 0.3 is 0 Å². The van der Waals surface area contributed by atoms with Crippen LogP contribution >= 0.6 is 23.2 Å². The van der Waals surface area contributed by atoms with E-state index in [0.717, 1.165) is 24.2 Å². The van der Waals surface area contributed by atoms with Crippen molar-refractivity contribution in [3.05, 3.63) is 21.7 Å². The quantitative estimate of drug-likeness (QED) is 0.723. The van der Waals surface area contributed by atoms with Gasteiger partial charge in [0, 0.05) is 11.5 Å². The van der Waals surface area contributed by atoms with E-state index in [1.54, 1.807) is 4.52 Å². The lowest BCUT2D eigenvalue weighted by Gasteiger charge is -2.00. The molecule has 1 aliphatic carbocycles. The van der Waals surface area contributed by atoms with Crippen molar-refractivity contribution in [1.82, 2.24) is 19.6 Å². The van der Waals surface area contributed by atoms with Gasteiger partial charge in [-0.2, -0.15) is 14.5 Å². The molecule has 0 bridgehead atoms. The molecule has 1 saturated carbocycles. The third kappa shape index (κ3) is 1.40. The molecule has 0 atom stereocenters. The minimum absolute atomic E-state index is 0.391. The van der Waals surface area contributed by atoms with E-state index >= 15 is 0 Å². The fourth-order valence-corrected chi connectivity index (χ4v) is 1.87. The summed E-state index contributed by atoms with van der Waals surface area (Å²) in [6.45, 7) is 1.82. The van der Waals surface area contributed by atoms with Crippen LogP contribution in [0, 0.1) is 6.92 Å². The smallest absolute Gasteiger partial charge is 0.199 e. The minimum Gasteiger partial charge on any atom is -0.199 e. The molecule has 2 heterocycles. The summed E-state index contributed by atoms with van der Waals surface area (Å²) in [7, 11) is 0. The SMILES string of the molecule is Cc1c(Cl)nc2nc(C3CC3)nn2c1Cl. The Morgan fingerprint density at radius 2 is 2.00 bits per heavy atom. The number of halogens is 2. The highest BCUT2D eigenvalue weighted by Gasteiger charge is 2.28. The average Bonchev–Trinajstić information content (AvgIpc) is 2.97. The van der Waals surface area contributed by atoms with Gasteiger partial charge in [-0.15, -0.1) is 5.10 Å². The predicted octanol–water partition coefficient (Wildman–Crippen LogP) is 2.62. The van der Waals surface area contributed by atoms with E-state index in [1.165, 1.54) is 0 Å². The first-order valence-electron chi connectivity index (χ1n) is 4.75. The molecule has 0 amide bonds. The van der Waals surface area contributed by atoms with Gasteiger partial charge < -0.3 is 0 Å². The van der Waals surface area contributed by atoms with Crippen LogP contribution in [0.25, 0.3) is 5.78 Å². The molecule has 0 aliphatic heterocycles. The van der Waals surface area contributed by atoms with Crippen LogP contribution in [-0.4, -0.2) is 19.6 Å². The van der Waals surface area contributed by atoms with Crippen LogP contribution in [0.2, 0.25) is 10.3 Å². The highest BCUT2D eigenvalue weighted by Crippen LogP contribution is 2.38. The summed E-state index contributed by atoms with van der Waals surface area (Å²) in [6, 6.07) is 0. The van der Waals surface area contributed by atoms with Crippen LogP contribution in [0.5, 0.6) is 0 Å². The Kier molecular flexibility index (Phi) is 1.91. The summed E-state index contributed by atoms with van der Waals surface area (Å²) >= 11 is 12.0. The van der Waals surface area contributed by atoms with Gasteiger partial charge in [0.15, 0.2) is 5.82 Å². The third-order valence-corrected chi connectivity index (χ3v) is 3.36. The molecule has 0 N–H and O–H groups in total. The average molecular weight is 243 g/mol. The van der Waals surface area contributed by atoms with Crippen molar-refractivity contribution in [2.45, 2.75) is 25.7 Å². The number of hydrogen-bond donors (Lipinski definition) is 0. The van der Waals surface area contributed by atoms with Crippen LogP contribution in [0.4, 0.5) is 0 Å². The molecule has 0 spiro atoms.